The second-order valence-corrected chi connectivity index (χ2v) is 4.92. The molecule has 2 rings (SSSR count). The zero-order chi connectivity index (χ0) is 13.8. The van der Waals surface area contributed by atoms with E-state index in [1.807, 2.05) is 31.2 Å². The number of nitrogens with zero attached hydrogens (tertiary/aromatic N) is 1. The summed E-state index contributed by atoms with van der Waals surface area (Å²) in [6.07, 6.45) is 1.40. The molecule has 1 aliphatic rings. The molecule has 3 N–H and O–H groups in total. The highest BCUT2D eigenvalue weighted by Crippen LogP contribution is 2.32. The maximum atomic E-state index is 9.13. The van der Waals surface area contributed by atoms with Gasteiger partial charge in [-0.25, -0.2) is 0 Å². The van der Waals surface area contributed by atoms with Crippen molar-refractivity contribution in [3.05, 3.63) is 51.7 Å². The lowest BCUT2D eigenvalue weighted by Gasteiger charge is -2.24. The topological polar surface area (TPSA) is 61.8 Å². The standard InChI is InChI=1S/C15H16ClN3/c1-10-12(9-18)8-11(6-7-17)15(19-10)13-4-2-3-5-14(13)16/h2-5,19H,6-8,17H2,1H3. The van der Waals surface area contributed by atoms with Gasteiger partial charge in [0.25, 0.3) is 0 Å². The van der Waals surface area contributed by atoms with Gasteiger partial charge in [0.1, 0.15) is 0 Å². The molecule has 4 heteroatoms. The Hall–Kier alpha value is -1.76. The number of halogens is 1. The van der Waals surface area contributed by atoms with E-state index in [1.54, 1.807) is 0 Å². The van der Waals surface area contributed by atoms with Crippen molar-refractivity contribution in [3.63, 3.8) is 0 Å². The quantitative estimate of drug-likeness (QED) is 0.889. The third-order valence-electron chi connectivity index (χ3n) is 3.23. The van der Waals surface area contributed by atoms with Crippen molar-refractivity contribution in [2.45, 2.75) is 19.8 Å². The van der Waals surface area contributed by atoms with Crippen LogP contribution >= 0.6 is 11.6 Å². The number of nitrogens with one attached hydrogen (secondary N) is 1. The van der Waals surface area contributed by atoms with Crippen molar-refractivity contribution in [1.29, 1.82) is 5.26 Å². The van der Waals surface area contributed by atoms with Crippen molar-refractivity contribution >= 4 is 17.3 Å². The summed E-state index contributed by atoms with van der Waals surface area (Å²) in [7, 11) is 0. The molecule has 0 aromatic heterocycles. The number of dihydropyridines is 1. The van der Waals surface area contributed by atoms with Crippen LogP contribution < -0.4 is 11.1 Å². The molecule has 0 fully saturated rings. The molecule has 0 atom stereocenters. The van der Waals surface area contributed by atoms with Gasteiger partial charge < -0.3 is 11.1 Å². The first-order valence-electron chi connectivity index (χ1n) is 6.21. The molecule has 0 saturated carbocycles. The summed E-state index contributed by atoms with van der Waals surface area (Å²) < 4.78 is 0. The zero-order valence-corrected chi connectivity index (χ0v) is 11.6. The summed E-state index contributed by atoms with van der Waals surface area (Å²) in [5.41, 5.74) is 10.4. The van der Waals surface area contributed by atoms with E-state index in [1.165, 1.54) is 0 Å². The summed E-state index contributed by atoms with van der Waals surface area (Å²) in [6.45, 7) is 2.47. The molecular formula is C15H16ClN3. The SMILES string of the molecule is CC1=C(C#N)CC(CCN)=C(c2ccccc2Cl)N1. The van der Waals surface area contributed by atoms with Crippen LogP contribution in [0.4, 0.5) is 0 Å². The number of hydrogen-bond acceptors (Lipinski definition) is 3. The number of nitrogens with two attached hydrogens (primary N) is 1. The van der Waals surface area contributed by atoms with Gasteiger partial charge in [-0.2, -0.15) is 5.26 Å². The molecule has 0 radical (unpaired) electrons. The molecule has 1 aromatic rings. The first-order chi connectivity index (χ1) is 9.17. The predicted molar refractivity (Wildman–Crippen MR) is 78.1 cm³/mol. The summed E-state index contributed by atoms with van der Waals surface area (Å²) in [6, 6.07) is 9.94. The van der Waals surface area contributed by atoms with Crippen LogP contribution in [0, 0.1) is 11.3 Å². The van der Waals surface area contributed by atoms with Crippen molar-refractivity contribution in [3.8, 4) is 6.07 Å². The van der Waals surface area contributed by atoms with Gasteiger partial charge in [0, 0.05) is 28.4 Å². The van der Waals surface area contributed by atoms with Gasteiger partial charge in [0.15, 0.2) is 0 Å². The largest absolute Gasteiger partial charge is 0.358 e. The van der Waals surface area contributed by atoms with Gasteiger partial charge in [-0.05, 0) is 31.5 Å². The first kappa shape index (κ1) is 13.7. The molecular weight excluding hydrogens is 258 g/mol. The molecule has 0 spiro atoms. The van der Waals surface area contributed by atoms with E-state index >= 15 is 0 Å². The Kier molecular flexibility index (Phi) is 4.26. The highest BCUT2D eigenvalue weighted by Gasteiger charge is 2.19. The third kappa shape index (κ3) is 2.81. The van der Waals surface area contributed by atoms with Gasteiger partial charge in [0.2, 0.25) is 0 Å². The van der Waals surface area contributed by atoms with Gasteiger partial charge in [0.05, 0.1) is 11.6 Å². The van der Waals surface area contributed by atoms with Crippen LogP contribution in [0.5, 0.6) is 0 Å². The van der Waals surface area contributed by atoms with Crippen LogP contribution in [0.3, 0.4) is 0 Å². The van der Waals surface area contributed by atoms with Crippen molar-refractivity contribution < 1.29 is 0 Å². The fourth-order valence-corrected chi connectivity index (χ4v) is 2.45. The van der Waals surface area contributed by atoms with Crippen LogP contribution in [0.2, 0.25) is 5.02 Å². The van der Waals surface area contributed by atoms with Crippen LogP contribution in [0.25, 0.3) is 5.70 Å². The van der Waals surface area contributed by atoms with Crippen molar-refractivity contribution in [2.75, 3.05) is 6.54 Å². The normalized spacial score (nSPS) is 15.3. The van der Waals surface area contributed by atoms with E-state index < -0.39 is 0 Å². The van der Waals surface area contributed by atoms with E-state index in [2.05, 4.69) is 11.4 Å². The Balaban J connectivity index is 2.47. The summed E-state index contributed by atoms with van der Waals surface area (Å²) in [5.74, 6) is 0. The molecule has 3 nitrogen and oxygen atoms in total. The van der Waals surface area contributed by atoms with Crippen LogP contribution in [0.1, 0.15) is 25.3 Å². The second kappa shape index (κ2) is 5.92. The molecule has 98 valence electrons. The van der Waals surface area contributed by atoms with E-state index in [0.717, 1.165) is 34.5 Å². The summed E-state index contributed by atoms with van der Waals surface area (Å²) in [4.78, 5) is 0. The molecule has 0 aliphatic carbocycles. The predicted octanol–water partition coefficient (Wildman–Crippen LogP) is 3.19. The fraction of sp³-hybridized carbons (Fsp3) is 0.267. The molecule has 0 amide bonds. The fourth-order valence-electron chi connectivity index (χ4n) is 2.22. The Morgan fingerprint density at radius 3 is 2.79 bits per heavy atom. The lowest BCUT2D eigenvalue weighted by molar-refractivity contribution is 0.859. The Morgan fingerprint density at radius 1 is 1.42 bits per heavy atom. The van der Waals surface area contributed by atoms with Crippen LogP contribution in [-0.2, 0) is 0 Å². The van der Waals surface area contributed by atoms with E-state index in [-0.39, 0.29) is 0 Å². The average molecular weight is 274 g/mol. The van der Waals surface area contributed by atoms with E-state index in [9.17, 15) is 0 Å². The van der Waals surface area contributed by atoms with Crippen molar-refractivity contribution in [1.82, 2.24) is 5.32 Å². The number of hydrogen-bond donors (Lipinski definition) is 2. The molecule has 0 unspecified atom stereocenters. The van der Waals surface area contributed by atoms with Gasteiger partial charge in [-0.1, -0.05) is 29.8 Å². The van der Waals surface area contributed by atoms with E-state index in [0.29, 0.717) is 18.0 Å². The molecule has 1 aliphatic heterocycles. The molecule has 0 saturated heterocycles. The highest BCUT2D eigenvalue weighted by molar-refractivity contribution is 6.32. The molecule has 1 aromatic carbocycles. The minimum Gasteiger partial charge on any atom is -0.358 e. The monoisotopic (exact) mass is 273 g/mol. The summed E-state index contributed by atoms with van der Waals surface area (Å²) >= 11 is 6.25. The maximum Gasteiger partial charge on any atom is 0.0968 e. The lowest BCUT2D eigenvalue weighted by atomic mass is 9.93. The minimum absolute atomic E-state index is 0.558. The van der Waals surface area contributed by atoms with Gasteiger partial charge >= 0.3 is 0 Å². The number of rotatable bonds is 3. The summed E-state index contributed by atoms with van der Waals surface area (Å²) in [5, 5.41) is 13.1. The molecule has 0 bridgehead atoms. The smallest absolute Gasteiger partial charge is 0.0968 e. The molecule has 1 heterocycles. The second-order valence-electron chi connectivity index (χ2n) is 4.51. The van der Waals surface area contributed by atoms with Crippen LogP contribution in [0.15, 0.2) is 41.1 Å². The van der Waals surface area contributed by atoms with Gasteiger partial charge in [-0.15, -0.1) is 0 Å². The highest BCUT2D eigenvalue weighted by atomic mass is 35.5. The zero-order valence-electron chi connectivity index (χ0n) is 10.8. The Labute approximate surface area is 118 Å². The molecule has 19 heavy (non-hydrogen) atoms. The first-order valence-corrected chi connectivity index (χ1v) is 6.59. The number of benzene rings is 1. The Morgan fingerprint density at radius 2 is 2.16 bits per heavy atom. The lowest BCUT2D eigenvalue weighted by Crippen LogP contribution is -2.20. The number of nitriles is 1. The average Bonchev–Trinajstić information content (AvgIpc) is 2.41. The van der Waals surface area contributed by atoms with Crippen molar-refractivity contribution in [2.24, 2.45) is 5.73 Å². The van der Waals surface area contributed by atoms with Crippen LogP contribution in [-0.4, -0.2) is 6.54 Å². The number of allylic oxidation sites excluding steroid dienone is 2. The third-order valence-corrected chi connectivity index (χ3v) is 3.56. The minimum atomic E-state index is 0.558. The van der Waals surface area contributed by atoms with Gasteiger partial charge in [-0.3, -0.25) is 0 Å². The maximum absolute atomic E-state index is 9.13. The van der Waals surface area contributed by atoms with E-state index in [4.69, 9.17) is 22.6 Å². The Bertz CT molecular complexity index is 594.